The number of nitrogens with one attached hydrogen (secondary N) is 1. The van der Waals surface area contributed by atoms with Gasteiger partial charge in [-0.25, -0.2) is 10.2 Å². The molecule has 8 heteroatoms. The van der Waals surface area contributed by atoms with Crippen LogP contribution in [-0.2, 0) is 0 Å². The fourth-order valence-electron chi connectivity index (χ4n) is 1.75. The highest BCUT2D eigenvalue weighted by Crippen LogP contribution is 2.14. The molecular weight excluding hydrogens is 262 g/mol. The van der Waals surface area contributed by atoms with Crippen LogP contribution in [0.3, 0.4) is 0 Å². The van der Waals surface area contributed by atoms with Crippen molar-refractivity contribution in [1.29, 1.82) is 0 Å². The van der Waals surface area contributed by atoms with Crippen LogP contribution in [0.2, 0.25) is 0 Å². The van der Waals surface area contributed by atoms with Crippen molar-refractivity contribution in [1.82, 2.24) is 15.6 Å². The van der Waals surface area contributed by atoms with Gasteiger partial charge in [-0.3, -0.25) is 5.01 Å². The van der Waals surface area contributed by atoms with Gasteiger partial charge in [-0.05, 0) is 32.9 Å². The van der Waals surface area contributed by atoms with Gasteiger partial charge in [0.2, 0.25) is 0 Å². The van der Waals surface area contributed by atoms with Crippen LogP contribution in [0.15, 0.2) is 12.1 Å². The Bertz CT molecular complexity index is 424. The molecule has 0 radical (unpaired) electrons. The highest BCUT2D eigenvalue weighted by molar-refractivity contribution is 5.67. The Labute approximate surface area is 118 Å². The highest BCUT2D eigenvalue weighted by Gasteiger charge is 2.12. The minimum atomic E-state index is -1.15. The van der Waals surface area contributed by atoms with E-state index in [1.807, 2.05) is 11.8 Å². The average molecular weight is 283 g/mol. The van der Waals surface area contributed by atoms with E-state index in [0.29, 0.717) is 31.3 Å². The van der Waals surface area contributed by atoms with Gasteiger partial charge in [-0.1, -0.05) is 0 Å². The van der Waals surface area contributed by atoms with Crippen molar-refractivity contribution >= 4 is 17.7 Å². The molecule has 0 aliphatic heterocycles. The molecule has 112 valence electrons. The van der Waals surface area contributed by atoms with Crippen molar-refractivity contribution in [2.24, 2.45) is 0 Å². The van der Waals surface area contributed by atoms with Crippen molar-refractivity contribution in [2.75, 3.05) is 29.5 Å². The van der Waals surface area contributed by atoms with Gasteiger partial charge in [-0.15, -0.1) is 10.2 Å². The summed E-state index contributed by atoms with van der Waals surface area (Å²) in [5, 5.41) is 27.6. The van der Waals surface area contributed by atoms with Crippen LogP contribution in [0.1, 0.15) is 20.8 Å². The SMILES string of the molecule is CCN(CC(C)O)c1ccc(N(CC)NC(=O)O)nn1. The number of aliphatic hydroxyl groups excluding tert-OH is 1. The Balaban J connectivity index is 2.83. The molecule has 1 rings (SSSR count). The maximum Gasteiger partial charge on any atom is 0.423 e. The Morgan fingerprint density at radius 3 is 2.30 bits per heavy atom. The third-order valence-electron chi connectivity index (χ3n) is 2.65. The Morgan fingerprint density at radius 2 is 1.90 bits per heavy atom. The van der Waals surface area contributed by atoms with E-state index in [1.165, 1.54) is 5.01 Å². The molecular formula is C12H21N5O3. The fraction of sp³-hybridized carbons (Fsp3) is 0.583. The highest BCUT2D eigenvalue weighted by atomic mass is 16.4. The molecule has 1 atom stereocenters. The standard InChI is InChI=1S/C12H21N5O3/c1-4-16(8-9(3)18)10-6-7-11(14-13-10)17(5-2)15-12(19)20/h6-7,9,15,18H,4-5,8H2,1-3H3,(H,19,20). The van der Waals surface area contributed by atoms with Crippen LogP contribution >= 0.6 is 0 Å². The third kappa shape index (κ3) is 4.54. The second-order valence-corrected chi connectivity index (χ2v) is 4.30. The van der Waals surface area contributed by atoms with Crippen molar-refractivity contribution < 1.29 is 15.0 Å². The van der Waals surface area contributed by atoms with E-state index in [1.54, 1.807) is 26.0 Å². The summed E-state index contributed by atoms with van der Waals surface area (Å²) in [6.07, 6.45) is -1.61. The zero-order valence-electron chi connectivity index (χ0n) is 11.9. The number of nitrogens with zero attached hydrogens (tertiary/aromatic N) is 4. The van der Waals surface area contributed by atoms with E-state index < -0.39 is 12.2 Å². The van der Waals surface area contributed by atoms with E-state index in [4.69, 9.17) is 5.11 Å². The summed E-state index contributed by atoms with van der Waals surface area (Å²) in [7, 11) is 0. The van der Waals surface area contributed by atoms with E-state index in [2.05, 4.69) is 15.6 Å². The quantitative estimate of drug-likeness (QED) is 0.633. The number of hydrogen-bond donors (Lipinski definition) is 3. The molecule has 1 aromatic rings. The maximum absolute atomic E-state index is 10.6. The second kappa shape index (κ2) is 7.49. The molecule has 0 saturated carbocycles. The summed E-state index contributed by atoms with van der Waals surface area (Å²) in [6, 6.07) is 3.44. The third-order valence-corrected chi connectivity index (χ3v) is 2.65. The molecule has 0 fully saturated rings. The van der Waals surface area contributed by atoms with E-state index >= 15 is 0 Å². The molecule has 20 heavy (non-hydrogen) atoms. The average Bonchev–Trinajstić information content (AvgIpc) is 2.42. The van der Waals surface area contributed by atoms with E-state index in [-0.39, 0.29) is 0 Å². The first-order chi connectivity index (χ1) is 9.47. The lowest BCUT2D eigenvalue weighted by Crippen LogP contribution is -2.42. The number of anilines is 2. The largest absolute Gasteiger partial charge is 0.464 e. The number of carbonyl (C=O) groups is 1. The Kier molecular flexibility index (Phi) is 5.98. The van der Waals surface area contributed by atoms with Crippen molar-refractivity contribution in [3.63, 3.8) is 0 Å². The van der Waals surface area contributed by atoms with E-state index in [9.17, 15) is 9.90 Å². The molecule has 0 spiro atoms. The minimum Gasteiger partial charge on any atom is -0.464 e. The van der Waals surface area contributed by atoms with Crippen LogP contribution in [0, 0.1) is 0 Å². The van der Waals surface area contributed by atoms with Crippen molar-refractivity contribution in [2.45, 2.75) is 26.9 Å². The number of aromatic nitrogens is 2. The molecule has 0 aliphatic rings. The maximum atomic E-state index is 10.6. The molecule has 1 amide bonds. The van der Waals surface area contributed by atoms with Crippen LogP contribution in [0.4, 0.5) is 16.4 Å². The zero-order valence-corrected chi connectivity index (χ0v) is 11.9. The second-order valence-electron chi connectivity index (χ2n) is 4.30. The summed E-state index contributed by atoms with van der Waals surface area (Å²) in [4.78, 5) is 12.5. The lowest BCUT2D eigenvalue weighted by Gasteiger charge is -2.24. The lowest BCUT2D eigenvalue weighted by atomic mass is 10.3. The molecule has 1 aromatic heterocycles. The molecule has 0 aliphatic carbocycles. The van der Waals surface area contributed by atoms with E-state index in [0.717, 1.165) is 0 Å². The minimum absolute atomic E-state index is 0.423. The predicted molar refractivity (Wildman–Crippen MR) is 75.8 cm³/mol. The van der Waals surface area contributed by atoms with Crippen LogP contribution < -0.4 is 15.3 Å². The summed E-state index contributed by atoms with van der Waals surface area (Å²) >= 11 is 0. The number of aliphatic hydroxyl groups is 1. The zero-order chi connectivity index (χ0) is 15.1. The van der Waals surface area contributed by atoms with Crippen molar-refractivity contribution in [3.8, 4) is 0 Å². The monoisotopic (exact) mass is 283 g/mol. The van der Waals surface area contributed by atoms with Gasteiger partial charge >= 0.3 is 6.09 Å². The number of carboxylic acid groups (broad SMARTS) is 1. The normalized spacial score (nSPS) is 11.8. The smallest absolute Gasteiger partial charge is 0.423 e. The molecule has 1 heterocycles. The summed E-state index contributed by atoms with van der Waals surface area (Å²) < 4.78 is 0. The number of hydrogen-bond acceptors (Lipinski definition) is 6. The molecule has 8 nitrogen and oxygen atoms in total. The molecule has 1 unspecified atom stereocenters. The van der Waals surface area contributed by atoms with Gasteiger partial charge in [0.05, 0.1) is 6.10 Å². The summed E-state index contributed by atoms with van der Waals surface area (Å²) in [6.45, 7) is 7.07. The molecule has 0 bridgehead atoms. The summed E-state index contributed by atoms with van der Waals surface area (Å²) in [5.74, 6) is 1.07. The lowest BCUT2D eigenvalue weighted by molar-refractivity contribution is 0.193. The molecule has 0 aromatic carbocycles. The number of rotatable bonds is 7. The van der Waals surface area contributed by atoms with Crippen molar-refractivity contribution in [3.05, 3.63) is 12.1 Å². The number of likely N-dealkylation sites (N-methyl/N-ethyl adjacent to an activating group) is 1. The van der Waals surface area contributed by atoms with Crippen LogP contribution in [0.5, 0.6) is 0 Å². The Hall–Kier alpha value is -2.09. The van der Waals surface area contributed by atoms with Gasteiger partial charge in [0, 0.05) is 19.6 Å². The fourth-order valence-corrected chi connectivity index (χ4v) is 1.75. The van der Waals surface area contributed by atoms with Gasteiger partial charge < -0.3 is 15.1 Å². The summed E-state index contributed by atoms with van der Waals surface area (Å²) in [5.41, 5.74) is 2.23. The number of hydrazine groups is 1. The van der Waals surface area contributed by atoms with Crippen LogP contribution in [-0.4, -0.2) is 52.2 Å². The number of amides is 1. The Morgan fingerprint density at radius 1 is 1.30 bits per heavy atom. The molecule has 3 N–H and O–H groups in total. The van der Waals surface area contributed by atoms with Gasteiger partial charge in [0.15, 0.2) is 11.6 Å². The van der Waals surface area contributed by atoms with Crippen LogP contribution in [0.25, 0.3) is 0 Å². The van der Waals surface area contributed by atoms with Gasteiger partial charge in [-0.2, -0.15) is 0 Å². The topological polar surface area (TPSA) is 102 Å². The molecule has 0 saturated heterocycles. The first-order valence-electron chi connectivity index (χ1n) is 6.51. The van der Waals surface area contributed by atoms with Gasteiger partial charge in [0.1, 0.15) is 0 Å². The first kappa shape index (κ1) is 16.0. The first-order valence-corrected chi connectivity index (χ1v) is 6.51. The van der Waals surface area contributed by atoms with Gasteiger partial charge in [0.25, 0.3) is 0 Å². The predicted octanol–water partition coefficient (Wildman–Crippen LogP) is 0.693.